The lowest BCUT2D eigenvalue weighted by Gasteiger charge is -2.31. The summed E-state index contributed by atoms with van der Waals surface area (Å²) in [5.74, 6) is -0.162. The summed E-state index contributed by atoms with van der Waals surface area (Å²) < 4.78 is 86.6. The van der Waals surface area contributed by atoms with Gasteiger partial charge in [-0.05, 0) is 25.0 Å². The van der Waals surface area contributed by atoms with E-state index in [1.165, 1.54) is 16.2 Å². The van der Waals surface area contributed by atoms with E-state index in [4.69, 9.17) is 16.0 Å². The smallest absolute Gasteiger partial charge is 0.282 e. The molecule has 0 saturated carbocycles. The maximum absolute atomic E-state index is 14.4. The van der Waals surface area contributed by atoms with Gasteiger partial charge in [-0.3, -0.25) is 9.48 Å². The van der Waals surface area contributed by atoms with E-state index in [2.05, 4.69) is 21.2 Å². The van der Waals surface area contributed by atoms with Gasteiger partial charge in [0.05, 0.1) is 10.7 Å². The Morgan fingerprint density at radius 2 is 1.93 bits per heavy atom. The average molecular weight is 612 g/mol. The van der Waals surface area contributed by atoms with Crippen molar-refractivity contribution >= 4 is 23.0 Å². The van der Waals surface area contributed by atoms with Gasteiger partial charge >= 0.3 is 0 Å². The predicted octanol–water partition coefficient (Wildman–Crippen LogP) is 5.78. The fourth-order valence-corrected chi connectivity index (χ4v) is 5.85. The molecule has 2 aliphatic heterocycles. The summed E-state index contributed by atoms with van der Waals surface area (Å²) in [4.78, 5) is 24.4. The minimum absolute atomic E-state index is 0.0133. The molecule has 1 aromatic carbocycles. The molecule has 1 unspecified atom stereocenters. The first-order chi connectivity index (χ1) is 20.1. The van der Waals surface area contributed by atoms with E-state index in [-0.39, 0.29) is 30.3 Å². The highest BCUT2D eigenvalue weighted by atomic mass is 32.1. The molecule has 0 N–H and O–H groups in total. The zero-order valence-corrected chi connectivity index (χ0v) is 22.6. The summed E-state index contributed by atoms with van der Waals surface area (Å²) in [7, 11) is 0. The van der Waals surface area contributed by atoms with Crippen molar-refractivity contribution in [3.63, 3.8) is 0 Å². The Bertz CT molecular complexity index is 1530. The van der Waals surface area contributed by atoms with Crippen LogP contribution in [-0.4, -0.2) is 51.0 Å². The number of halogens is 6. The number of aromatic nitrogens is 3. The molecule has 8 nitrogen and oxygen atoms in total. The summed E-state index contributed by atoms with van der Waals surface area (Å²) in [6, 6.07) is 2.41. The number of oxime groups is 1. The molecular weight excluding hydrogens is 588 g/mol. The molecule has 1 amide bonds. The Hall–Kier alpha value is -4.06. The van der Waals surface area contributed by atoms with E-state index >= 15 is 0 Å². The number of terminal acetylenes is 1. The summed E-state index contributed by atoms with van der Waals surface area (Å²) >= 11 is 1.40. The molecule has 3 aromatic rings. The van der Waals surface area contributed by atoms with Gasteiger partial charge in [0.15, 0.2) is 17.7 Å². The Labute approximate surface area is 239 Å². The molecule has 5 rings (SSSR count). The van der Waals surface area contributed by atoms with Gasteiger partial charge in [-0.1, -0.05) is 11.1 Å². The molecule has 222 valence electrons. The molecule has 1 fully saturated rings. The van der Waals surface area contributed by atoms with Crippen LogP contribution >= 0.6 is 11.3 Å². The molecule has 0 spiro atoms. The van der Waals surface area contributed by atoms with Crippen LogP contribution in [0.15, 0.2) is 28.7 Å². The van der Waals surface area contributed by atoms with Gasteiger partial charge in [0.25, 0.3) is 12.9 Å². The molecule has 15 heteroatoms. The van der Waals surface area contributed by atoms with Crippen molar-refractivity contribution in [1.82, 2.24) is 19.7 Å². The Balaban J connectivity index is 1.19. The molecule has 1 saturated heterocycles. The maximum atomic E-state index is 14.4. The van der Waals surface area contributed by atoms with Crippen LogP contribution < -0.4 is 4.74 Å². The first-order valence-corrected chi connectivity index (χ1v) is 13.7. The van der Waals surface area contributed by atoms with Gasteiger partial charge in [-0.25, -0.2) is 31.3 Å². The van der Waals surface area contributed by atoms with Crippen LogP contribution in [0, 0.1) is 24.0 Å². The third-order valence-corrected chi connectivity index (χ3v) is 7.94. The number of alkyl halides is 4. The molecule has 0 aliphatic carbocycles. The second-order valence-corrected chi connectivity index (χ2v) is 10.5. The van der Waals surface area contributed by atoms with Crippen molar-refractivity contribution in [2.45, 2.75) is 50.7 Å². The van der Waals surface area contributed by atoms with Gasteiger partial charge in [-0.2, -0.15) is 5.10 Å². The topological polar surface area (TPSA) is 81.8 Å². The van der Waals surface area contributed by atoms with Crippen LogP contribution in [0.1, 0.15) is 71.8 Å². The number of hydrogen-bond donors (Lipinski definition) is 0. The molecule has 2 aromatic heterocycles. The van der Waals surface area contributed by atoms with E-state index in [0.717, 1.165) is 11.1 Å². The van der Waals surface area contributed by atoms with Crippen LogP contribution in [0.25, 0.3) is 0 Å². The van der Waals surface area contributed by atoms with Crippen LogP contribution in [0.3, 0.4) is 0 Å². The number of ether oxygens (including phenoxy) is 1. The molecule has 0 bridgehead atoms. The highest BCUT2D eigenvalue weighted by molar-refractivity contribution is 7.10. The fourth-order valence-electron chi connectivity index (χ4n) is 4.85. The second-order valence-electron chi connectivity index (χ2n) is 9.61. The van der Waals surface area contributed by atoms with Gasteiger partial charge in [0.2, 0.25) is 5.91 Å². The standard InChI is InChI=1S/C27H23F6N5O3S/c1-2-7-40-24-16(8-15(28)9-17(24)29)22-11-18(36-41-22)20-13-42-27(34-20)14-3-5-37(6-4-14)23(39)12-38-21(26(32)33)10-19(35-38)25(30)31/h1,8-10,13-14,22,25-26H,3-7,11-12H2. The van der Waals surface area contributed by atoms with E-state index in [0.29, 0.717) is 54.2 Å². The summed E-state index contributed by atoms with van der Waals surface area (Å²) in [6.07, 6.45) is -0.408. The van der Waals surface area contributed by atoms with Crippen molar-refractivity contribution in [2.24, 2.45) is 5.16 Å². The van der Waals surface area contributed by atoms with Crippen LogP contribution in [0.4, 0.5) is 26.3 Å². The second kappa shape index (κ2) is 12.4. The molecular formula is C27H23F6N5O3S. The van der Waals surface area contributed by atoms with Crippen molar-refractivity contribution in [3.8, 4) is 18.1 Å². The number of thiazole rings is 1. The lowest BCUT2D eigenvalue weighted by Crippen LogP contribution is -2.40. The SMILES string of the molecule is C#CCOc1c(F)cc(F)cc1C1CC(c2csc(C3CCN(C(=O)Cn4nc(C(F)F)cc4C(F)F)CC3)n2)=NO1. The first kappa shape index (κ1) is 29.4. The monoisotopic (exact) mass is 611 g/mol. The minimum atomic E-state index is -3.05. The number of nitrogens with zero attached hydrogens (tertiary/aromatic N) is 5. The average Bonchev–Trinajstić information content (AvgIpc) is 3.72. The summed E-state index contributed by atoms with van der Waals surface area (Å²) in [6.45, 7) is -0.133. The van der Waals surface area contributed by atoms with Crippen molar-refractivity contribution < 1.29 is 40.7 Å². The number of carbonyl (C=O) groups excluding carboxylic acids is 1. The fraction of sp³-hybridized carbons (Fsp3) is 0.407. The maximum Gasteiger partial charge on any atom is 0.282 e. The largest absolute Gasteiger partial charge is 0.477 e. The summed E-state index contributed by atoms with van der Waals surface area (Å²) in [5, 5.41) is 10.1. The lowest BCUT2D eigenvalue weighted by atomic mass is 9.97. The number of benzene rings is 1. The van der Waals surface area contributed by atoms with Crippen LogP contribution in [0.5, 0.6) is 5.75 Å². The molecule has 1 atom stereocenters. The number of rotatable bonds is 9. The van der Waals surface area contributed by atoms with E-state index in [1.54, 1.807) is 5.38 Å². The van der Waals surface area contributed by atoms with E-state index in [1.807, 2.05) is 0 Å². The highest BCUT2D eigenvalue weighted by Crippen LogP contribution is 2.38. The molecule has 2 aliphatic rings. The van der Waals surface area contributed by atoms with Crippen molar-refractivity contribution in [1.29, 1.82) is 0 Å². The first-order valence-electron chi connectivity index (χ1n) is 12.8. The number of piperidine rings is 1. The minimum Gasteiger partial charge on any atom is -0.477 e. The van der Waals surface area contributed by atoms with Crippen molar-refractivity contribution in [3.05, 3.63) is 62.9 Å². The Morgan fingerprint density at radius 3 is 2.62 bits per heavy atom. The Kier molecular flexibility index (Phi) is 8.72. The van der Waals surface area contributed by atoms with E-state index < -0.39 is 54.4 Å². The predicted molar refractivity (Wildman–Crippen MR) is 138 cm³/mol. The third kappa shape index (κ3) is 6.23. The summed E-state index contributed by atoms with van der Waals surface area (Å²) in [5.41, 5.74) is -0.369. The van der Waals surface area contributed by atoms with E-state index in [9.17, 15) is 31.1 Å². The molecule has 42 heavy (non-hydrogen) atoms. The molecule has 0 radical (unpaired) electrons. The Morgan fingerprint density at radius 1 is 1.17 bits per heavy atom. The number of carbonyl (C=O) groups is 1. The third-order valence-electron chi connectivity index (χ3n) is 6.93. The van der Waals surface area contributed by atoms with Crippen LogP contribution in [0.2, 0.25) is 0 Å². The quantitative estimate of drug-likeness (QED) is 0.227. The van der Waals surface area contributed by atoms with Crippen molar-refractivity contribution in [2.75, 3.05) is 19.7 Å². The highest BCUT2D eigenvalue weighted by Gasteiger charge is 2.32. The van der Waals surface area contributed by atoms with Crippen LogP contribution in [-0.2, 0) is 16.2 Å². The number of amides is 1. The molecule has 4 heterocycles. The zero-order chi connectivity index (χ0) is 30.0. The van der Waals surface area contributed by atoms with Gasteiger partial charge in [0.1, 0.15) is 36.1 Å². The normalized spacial score (nSPS) is 17.5. The number of likely N-dealkylation sites (tertiary alicyclic amines) is 1. The zero-order valence-electron chi connectivity index (χ0n) is 21.8. The number of hydrogen-bond acceptors (Lipinski definition) is 7. The van der Waals surface area contributed by atoms with Gasteiger partial charge < -0.3 is 14.5 Å². The van der Waals surface area contributed by atoms with Gasteiger partial charge in [0, 0.05) is 42.4 Å². The van der Waals surface area contributed by atoms with Gasteiger partial charge in [-0.15, -0.1) is 17.8 Å². The lowest BCUT2D eigenvalue weighted by molar-refractivity contribution is -0.133.